The van der Waals surface area contributed by atoms with Gasteiger partial charge < -0.3 is 11.5 Å². The molecule has 0 saturated carbocycles. The number of Topliss-reactive ketones (excluding diaryl/α,β-unsaturated/α-hetero) is 1. The fourth-order valence-corrected chi connectivity index (χ4v) is 3.12. The molecule has 5 heteroatoms. The first kappa shape index (κ1) is 17.0. The standard InChI is InChI=1S/C17H18Br2N2O/c1-9(11-3-5-15(20)13(18)7-11)17(22)10(2)12-4-6-16(21)14(19)8-12/h3-10H,20-21H2,1-2H3. The third-order valence-corrected chi connectivity index (χ3v) is 5.28. The molecular formula is C17H18Br2N2O. The van der Waals surface area contributed by atoms with E-state index in [9.17, 15) is 4.79 Å². The number of rotatable bonds is 4. The van der Waals surface area contributed by atoms with Gasteiger partial charge in [-0.15, -0.1) is 0 Å². The highest BCUT2D eigenvalue weighted by Gasteiger charge is 2.23. The average Bonchev–Trinajstić information content (AvgIpc) is 2.50. The van der Waals surface area contributed by atoms with Crippen molar-refractivity contribution in [2.45, 2.75) is 25.7 Å². The number of anilines is 2. The van der Waals surface area contributed by atoms with Crippen LogP contribution in [0, 0.1) is 0 Å². The van der Waals surface area contributed by atoms with Crippen molar-refractivity contribution < 1.29 is 4.79 Å². The van der Waals surface area contributed by atoms with Crippen LogP contribution in [0.1, 0.15) is 36.8 Å². The lowest BCUT2D eigenvalue weighted by molar-refractivity contribution is -0.121. The van der Waals surface area contributed by atoms with Crippen molar-refractivity contribution in [1.29, 1.82) is 0 Å². The third kappa shape index (κ3) is 3.52. The monoisotopic (exact) mass is 424 g/mol. The molecule has 0 aliphatic heterocycles. The van der Waals surface area contributed by atoms with Crippen LogP contribution in [0.4, 0.5) is 11.4 Å². The van der Waals surface area contributed by atoms with E-state index in [1.54, 1.807) is 0 Å². The molecular weight excluding hydrogens is 408 g/mol. The summed E-state index contributed by atoms with van der Waals surface area (Å²) in [4.78, 5) is 12.7. The molecule has 2 aromatic rings. The molecule has 0 heterocycles. The van der Waals surface area contributed by atoms with Crippen LogP contribution in [0.15, 0.2) is 45.3 Å². The van der Waals surface area contributed by atoms with Crippen LogP contribution in [-0.4, -0.2) is 5.78 Å². The summed E-state index contributed by atoms with van der Waals surface area (Å²) in [7, 11) is 0. The van der Waals surface area contributed by atoms with Gasteiger partial charge in [-0.2, -0.15) is 0 Å². The normalized spacial score (nSPS) is 13.6. The zero-order valence-electron chi connectivity index (χ0n) is 12.4. The Balaban J connectivity index is 2.25. The summed E-state index contributed by atoms with van der Waals surface area (Å²) in [6, 6.07) is 11.2. The molecule has 0 spiro atoms. The molecule has 0 amide bonds. The summed E-state index contributed by atoms with van der Waals surface area (Å²) in [5, 5.41) is 0. The largest absolute Gasteiger partial charge is 0.398 e. The molecule has 2 atom stereocenters. The van der Waals surface area contributed by atoms with E-state index < -0.39 is 0 Å². The fourth-order valence-electron chi connectivity index (χ4n) is 2.33. The first-order valence-corrected chi connectivity index (χ1v) is 8.53. The van der Waals surface area contributed by atoms with E-state index in [-0.39, 0.29) is 17.6 Å². The highest BCUT2D eigenvalue weighted by molar-refractivity contribution is 9.11. The number of carbonyl (C=O) groups excluding carboxylic acids is 1. The van der Waals surface area contributed by atoms with Gasteiger partial charge in [-0.3, -0.25) is 4.79 Å². The van der Waals surface area contributed by atoms with Crippen LogP contribution in [0.5, 0.6) is 0 Å². The van der Waals surface area contributed by atoms with Gasteiger partial charge in [0.25, 0.3) is 0 Å². The number of ketones is 1. The molecule has 0 saturated heterocycles. The number of hydrogen-bond acceptors (Lipinski definition) is 3. The van der Waals surface area contributed by atoms with Gasteiger partial charge in [0.2, 0.25) is 0 Å². The summed E-state index contributed by atoms with van der Waals surface area (Å²) in [5.74, 6) is -0.250. The van der Waals surface area contributed by atoms with Crippen molar-refractivity contribution in [1.82, 2.24) is 0 Å². The smallest absolute Gasteiger partial charge is 0.147 e. The van der Waals surface area contributed by atoms with Gasteiger partial charge >= 0.3 is 0 Å². The fraction of sp³-hybridized carbons (Fsp3) is 0.235. The van der Waals surface area contributed by atoms with Crippen molar-refractivity contribution in [3.05, 3.63) is 56.5 Å². The van der Waals surface area contributed by atoms with Crippen LogP contribution in [0.25, 0.3) is 0 Å². The second-order valence-corrected chi connectivity index (χ2v) is 7.12. The molecule has 4 N–H and O–H groups in total. The number of carbonyl (C=O) groups is 1. The number of nitrogen functional groups attached to an aromatic ring is 2. The Kier molecular flexibility index (Phi) is 5.29. The Morgan fingerprint density at radius 2 is 1.23 bits per heavy atom. The van der Waals surface area contributed by atoms with Gasteiger partial charge in [0, 0.05) is 32.2 Å². The van der Waals surface area contributed by atoms with Gasteiger partial charge in [0.05, 0.1) is 0 Å². The van der Waals surface area contributed by atoms with E-state index in [2.05, 4.69) is 31.9 Å². The summed E-state index contributed by atoms with van der Waals surface area (Å²) >= 11 is 6.81. The molecule has 116 valence electrons. The summed E-state index contributed by atoms with van der Waals surface area (Å²) in [5.41, 5.74) is 14.8. The van der Waals surface area contributed by atoms with Crippen molar-refractivity contribution >= 4 is 49.0 Å². The lowest BCUT2D eigenvalue weighted by Gasteiger charge is -2.18. The maximum absolute atomic E-state index is 12.7. The first-order chi connectivity index (χ1) is 10.3. The van der Waals surface area contributed by atoms with Crippen LogP contribution in [0.3, 0.4) is 0 Å². The summed E-state index contributed by atoms with van der Waals surface area (Å²) < 4.78 is 1.63. The number of halogens is 2. The molecule has 22 heavy (non-hydrogen) atoms. The van der Waals surface area contributed by atoms with Gasteiger partial charge in [-0.05, 0) is 67.3 Å². The van der Waals surface area contributed by atoms with E-state index in [0.29, 0.717) is 11.4 Å². The van der Waals surface area contributed by atoms with E-state index >= 15 is 0 Å². The second-order valence-electron chi connectivity index (χ2n) is 5.41. The average molecular weight is 426 g/mol. The lowest BCUT2D eigenvalue weighted by Crippen LogP contribution is -2.16. The second kappa shape index (κ2) is 6.84. The van der Waals surface area contributed by atoms with E-state index in [0.717, 1.165) is 20.1 Å². The Morgan fingerprint density at radius 3 is 1.55 bits per heavy atom. The molecule has 2 rings (SSSR count). The molecule has 0 aromatic heterocycles. The number of benzene rings is 2. The summed E-state index contributed by atoms with van der Waals surface area (Å²) in [6.45, 7) is 3.84. The van der Waals surface area contributed by atoms with Crippen molar-refractivity contribution in [2.75, 3.05) is 11.5 Å². The predicted octanol–water partition coefficient (Wildman–Crippen LogP) is 4.85. The number of hydrogen-bond donors (Lipinski definition) is 2. The SMILES string of the molecule is CC(C(=O)C(C)c1ccc(N)c(Br)c1)c1ccc(N)c(Br)c1. The molecule has 0 fully saturated rings. The van der Waals surface area contributed by atoms with Gasteiger partial charge in [0.1, 0.15) is 5.78 Å². The first-order valence-electron chi connectivity index (χ1n) is 6.94. The van der Waals surface area contributed by atoms with Gasteiger partial charge in [-0.25, -0.2) is 0 Å². The Bertz CT molecular complexity index is 656. The van der Waals surface area contributed by atoms with Crippen molar-refractivity contribution in [2.24, 2.45) is 0 Å². The van der Waals surface area contributed by atoms with Crippen LogP contribution in [-0.2, 0) is 4.79 Å². The number of nitrogens with two attached hydrogens (primary N) is 2. The van der Waals surface area contributed by atoms with Gasteiger partial charge in [-0.1, -0.05) is 26.0 Å². The Labute approximate surface area is 147 Å². The predicted molar refractivity (Wildman–Crippen MR) is 98.9 cm³/mol. The minimum Gasteiger partial charge on any atom is -0.398 e. The molecule has 0 aliphatic carbocycles. The Hall–Kier alpha value is -1.33. The van der Waals surface area contributed by atoms with Crippen LogP contribution >= 0.6 is 31.9 Å². The maximum atomic E-state index is 12.7. The minimum atomic E-state index is -0.205. The van der Waals surface area contributed by atoms with E-state index in [1.165, 1.54) is 0 Å². The topological polar surface area (TPSA) is 69.1 Å². The Morgan fingerprint density at radius 1 is 0.864 bits per heavy atom. The molecule has 0 aliphatic rings. The highest BCUT2D eigenvalue weighted by Crippen LogP contribution is 2.31. The van der Waals surface area contributed by atoms with E-state index in [1.807, 2.05) is 50.2 Å². The van der Waals surface area contributed by atoms with Crippen LogP contribution in [0.2, 0.25) is 0 Å². The minimum absolute atomic E-state index is 0.161. The van der Waals surface area contributed by atoms with Crippen molar-refractivity contribution in [3.8, 4) is 0 Å². The lowest BCUT2D eigenvalue weighted by atomic mass is 9.86. The van der Waals surface area contributed by atoms with Crippen LogP contribution < -0.4 is 11.5 Å². The third-order valence-electron chi connectivity index (χ3n) is 3.90. The maximum Gasteiger partial charge on any atom is 0.147 e. The van der Waals surface area contributed by atoms with E-state index in [4.69, 9.17) is 11.5 Å². The van der Waals surface area contributed by atoms with Crippen molar-refractivity contribution in [3.63, 3.8) is 0 Å². The highest BCUT2D eigenvalue weighted by atomic mass is 79.9. The molecule has 3 nitrogen and oxygen atoms in total. The zero-order chi connectivity index (χ0) is 16.4. The summed E-state index contributed by atoms with van der Waals surface area (Å²) in [6.07, 6.45) is 0. The molecule has 0 radical (unpaired) electrons. The quantitative estimate of drug-likeness (QED) is 0.687. The van der Waals surface area contributed by atoms with Gasteiger partial charge in [0.15, 0.2) is 0 Å². The molecule has 0 bridgehead atoms. The zero-order valence-corrected chi connectivity index (χ0v) is 15.6. The molecule has 2 aromatic carbocycles. The molecule has 2 unspecified atom stereocenters.